The van der Waals surface area contributed by atoms with Crippen LogP contribution in [0.25, 0.3) is 0 Å². The minimum Gasteiger partial charge on any atom is -0.351 e. The van der Waals surface area contributed by atoms with E-state index in [1.165, 1.54) is 0 Å². The molecule has 0 aliphatic heterocycles. The van der Waals surface area contributed by atoms with Crippen molar-refractivity contribution in [1.82, 2.24) is 5.32 Å². The Morgan fingerprint density at radius 2 is 2.27 bits per heavy atom. The lowest BCUT2D eigenvalue weighted by atomic mass is 10.1. The van der Waals surface area contributed by atoms with Crippen LogP contribution in [-0.4, -0.2) is 17.3 Å². The fraction of sp³-hybridized carbons (Fsp3) is 0.364. The minimum absolute atomic E-state index is 0.0943. The molecule has 1 amide bonds. The van der Waals surface area contributed by atoms with Gasteiger partial charge in [-0.05, 0) is 24.6 Å². The van der Waals surface area contributed by atoms with Crippen LogP contribution in [0.1, 0.15) is 22.8 Å². The normalized spacial score (nSPS) is 12.3. The van der Waals surface area contributed by atoms with Crippen molar-refractivity contribution in [1.29, 1.82) is 0 Å². The molecule has 0 radical (unpaired) electrons. The Labute approximate surface area is 103 Å². The molecule has 0 heterocycles. The molecule has 0 aliphatic carbocycles. The molecule has 1 rings (SSSR count). The zero-order valence-corrected chi connectivity index (χ0v) is 11.0. The van der Waals surface area contributed by atoms with Crippen molar-refractivity contribution in [3.05, 3.63) is 34.3 Å². The smallest absolute Gasteiger partial charge is 0.251 e. The summed E-state index contributed by atoms with van der Waals surface area (Å²) in [5, 5.41) is 3.42. The summed E-state index contributed by atoms with van der Waals surface area (Å²) in [5.74, 6) is -0.0943. The lowest BCUT2D eigenvalue weighted by Gasteiger charge is -2.07. The number of benzene rings is 1. The van der Waals surface area contributed by atoms with Crippen LogP contribution in [-0.2, 0) is 0 Å². The maximum atomic E-state index is 11.6. The van der Waals surface area contributed by atoms with Crippen LogP contribution in [0, 0.1) is 6.92 Å². The van der Waals surface area contributed by atoms with Gasteiger partial charge in [-0.1, -0.05) is 40.5 Å². The first-order chi connectivity index (χ1) is 7.00. The largest absolute Gasteiger partial charge is 0.351 e. The summed E-state index contributed by atoms with van der Waals surface area (Å²) >= 11 is 9.29. The Balaban J connectivity index is 2.70. The number of alkyl halides is 1. The highest BCUT2D eigenvalue weighted by molar-refractivity contribution is 9.09. The molecular weight excluding hydrogens is 277 g/mol. The number of carbonyl (C=O) groups excluding carboxylic acids is 1. The standard InChI is InChI=1S/C11H13BrClNO/c1-7-3-4-9(5-10(7)13)11(15)14-6-8(2)12/h3-5,8H,6H2,1-2H3,(H,14,15). The molecular formula is C11H13BrClNO. The predicted molar refractivity (Wildman–Crippen MR) is 66.9 cm³/mol. The molecule has 0 fully saturated rings. The average molecular weight is 291 g/mol. The molecule has 0 spiro atoms. The van der Waals surface area contributed by atoms with Crippen molar-refractivity contribution in [2.75, 3.05) is 6.54 Å². The van der Waals surface area contributed by atoms with Gasteiger partial charge in [-0.15, -0.1) is 0 Å². The van der Waals surface area contributed by atoms with Crippen molar-refractivity contribution in [2.24, 2.45) is 0 Å². The lowest BCUT2D eigenvalue weighted by Crippen LogP contribution is -2.28. The van der Waals surface area contributed by atoms with Gasteiger partial charge in [0.2, 0.25) is 0 Å². The Kier molecular flexibility index (Phi) is 4.61. The molecule has 4 heteroatoms. The molecule has 1 aromatic rings. The summed E-state index contributed by atoms with van der Waals surface area (Å²) < 4.78 is 0. The zero-order chi connectivity index (χ0) is 11.4. The fourth-order valence-electron chi connectivity index (χ4n) is 1.07. The van der Waals surface area contributed by atoms with Gasteiger partial charge in [-0.3, -0.25) is 4.79 Å². The maximum absolute atomic E-state index is 11.6. The first-order valence-electron chi connectivity index (χ1n) is 4.69. The highest BCUT2D eigenvalue weighted by Crippen LogP contribution is 2.16. The molecule has 0 aliphatic rings. The van der Waals surface area contributed by atoms with E-state index in [9.17, 15) is 4.79 Å². The molecule has 0 bridgehead atoms. The van der Waals surface area contributed by atoms with Crippen LogP contribution in [0.2, 0.25) is 5.02 Å². The number of halogens is 2. The monoisotopic (exact) mass is 289 g/mol. The number of rotatable bonds is 3. The molecule has 15 heavy (non-hydrogen) atoms. The predicted octanol–water partition coefficient (Wildman–Crippen LogP) is 3.16. The van der Waals surface area contributed by atoms with Gasteiger partial charge in [0.1, 0.15) is 0 Å². The van der Waals surface area contributed by atoms with Crippen LogP contribution in [0.3, 0.4) is 0 Å². The van der Waals surface area contributed by atoms with Gasteiger partial charge in [-0.25, -0.2) is 0 Å². The third-order valence-corrected chi connectivity index (χ3v) is 2.71. The van der Waals surface area contributed by atoms with E-state index in [2.05, 4.69) is 21.2 Å². The van der Waals surface area contributed by atoms with E-state index in [1.807, 2.05) is 19.9 Å². The SMILES string of the molecule is Cc1ccc(C(=O)NCC(C)Br)cc1Cl. The van der Waals surface area contributed by atoms with Crippen molar-refractivity contribution in [3.63, 3.8) is 0 Å². The van der Waals surface area contributed by atoms with E-state index < -0.39 is 0 Å². The molecule has 1 atom stereocenters. The molecule has 0 saturated carbocycles. The van der Waals surface area contributed by atoms with Gasteiger partial charge in [0.05, 0.1) is 0 Å². The van der Waals surface area contributed by atoms with Crippen LogP contribution in [0.5, 0.6) is 0 Å². The molecule has 0 aromatic heterocycles. The van der Waals surface area contributed by atoms with Gasteiger partial charge >= 0.3 is 0 Å². The third-order valence-electron chi connectivity index (χ3n) is 1.98. The van der Waals surface area contributed by atoms with Gasteiger partial charge < -0.3 is 5.32 Å². The summed E-state index contributed by atoms with van der Waals surface area (Å²) in [5.41, 5.74) is 1.57. The molecule has 0 saturated heterocycles. The summed E-state index contributed by atoms with van der Waals surface area (Å²) in [6, 6.07) is 5.30. The fourth-order valence-corrected chi connectivity index (χ4v) is 1.41. The quantitative estimate of drug-likeness (QED) is 0.851. The highest BCUT2D eigenvalue weighted by Gasteiger charge is 2.07. The molecule has 2 nitrogen and oxygen atoms in total. The van der Waals surface area contributed by atoms with Gasteiger partial charge in [0.15, 0.2) is 0 Å². The molecule has 1 aromatic carbocycles. The van der Waals surface area contributed by atoms with Crippen molar-refractivity contribution >= 4 is 33.4 Å². The van der Waals surface area contributed by atoms with Crippen LogP contribution >= 0.6 is 27.5 Å². The molecule has 1 unspecified atom stereocenters. The second kappa shape index (κ2) is 5.52. The number of amides is 1. The topological polar surface area (TPSA) is 29.1 Å². The van der Waals surface area contributed by atoms with Gasteiger partial charge in [0.25, 0.3) is 5.91 Å². The summed E-state index contributed by atoms with van der Waals surface area (Å²) in [6.07, 6.45) is 0. The van der Waals surface area contributed by atoms with E-state index in [0.717, 1.165) is 5.56 Å². The van der Waals surface area contributed by atoms with E-state index in [4.69, 9.17) is 11.6 Å². The summed E-state index contributed by atoms with van der Waals surface area (Å²) in [4.78, 5) is 11.9. The average Bonchev–Trinajstić information content (AvgIpc) is 2.18. The highest BCUT2D eigenvalue weighted by atomic mass is 79.9. The van der Waals surface area contributed by atoms with Crippen molar-refractivity contribution < 1.29 is 4.79 Å². The van der Waals surface area contributed by atoms with Gasteiger partial charge in [-0.2, -0.15) is 0 Å². The van der Waals surface area contributed by atoms with Crippen LogP contribution < -0.4 is 5.32 Å². The first-order valence-corrected chi connectivity index (χ1v) is 5.98. The van der Waals surface area contributed by atoms with Crippen LogP contribution in [0.4, 0.5) is 0 Å². The third kappa shape index (κ3) is 3.84. The lowest BCUT2D eigenvalue weighted by molar-refractivity contribution is 0.0954. The number of aryl methyl sites for hydroxylation is 1. The Hall–Kier alpha value is -0.540. The van der Waals surface area contributed by atoms with Crippen LogP contribution in [0.15, 0.2) is 18.2 Å². The van der Waals surface area contributed by atoms with E-state index in [0.29, 0.717) is 17.1 Å². The second-order valence-electron chi connectivity index (χ2n) is 3.45. The number of carbonyl (C=O) groups is 1. The number of hydrogen-bond acceptors (Lipinski definition) is 1. The maximum Gasteiger partial charge on any atom is 0.251 e. The Morgan fingerprint density at radius 3 is 2.80 bits per heavy atom. The molecule has 82 valence electrons. The number of nitrogens with one attached hydrogen (secondary N) is 1. The zero-order valence-electron chi connectivity index (χ0n) is 8.68. The van der Waals surface area contributed by atoms with Gasteiger partial charge in [0, 0.05) is 22.0 Å². The van der Waals surface area contributed by atoms with E-state index in [1.54, 1.807) is 12.1 Å². The second-order valence-corrected chi connectivity index (χ2v) is 5.43. The Bertz CT molecular complexity index is 366. The van der Waals surface area contributed by atoms with E-state index in [-0.39, 0.29) is 10.7 Å². The number of hydrogen-bond donors (Lipinski definition) is 1. The van der Waals surface area contributed by atoms with E-state index >= 15 is 0 Å². The van der Waals surface area contributed by atoms with Crippen molar-refractivity contribution in [3.8, 4) is 0 Å². The minimum atomic E-state index is -0.0943. The first kappa shape index (κ1) is 12.5. The summed E-state index contributed by atoms with van der Waals surface area (Å²) in [7, 11) is 0. The summed E-state index contributed by atoms with van der Waals surface area (Å²) in [6.45, 7) is 4.48. The van der Waals surface area contributed by atoms with Crippen molar-refractivity contribution in [2.45, 2.75) is 18.7 Å². The molecule has 1 N–H and O–H groups in total. The Morgan fingerprint density at radius 1 is 1.60 bits per heavy atom.